The Hall–Kier alpha value is -2.25. The zero-order valence-electron chi connectivity index (χ0n) is 16.9. The SMILES string of the molecule is Cc1nc(C)c(C(=O)N2C[C@@H]3CN(CC(=O)O)C[C@]3(CCc3ccccc3)C2)s1. The number of carbonyl (C=O) groups is 2. The molecule has 1 amide bonds. The van der Waals surface area contributed by atoms with E-state index in [1.165, 1.54) is 16.9 Å². The molecule has 4 rings (SSSR count). The quantitative estimate of drug-likeness (QED) is 0.788. The maximum absolute atomic E-state index is 13.2. The van der Waals surface area contributed by atoms with E-state index in [-0.39, 0.29) is 17.9 Å². The van der Waals surface area contributed by atoms with Gasteiger partial charge in [-0.25, -0.2) is 4.98 Å². The molecule has 0 radical (unpaired) electrons. The van der Waals surface area contributed by atoms with Crippen LogP contribution in [0.25, 0.3) is 0 Å². The monoisotopic (exact) mass is 413 g/mol. The largest absolute Gasteiger partial charge is 0.480 e. The van der Waals surface area contributed by atoms with E-state index in [1.807, 2.05) is 29.7 Å². The standard InChI is InChI=1S/C22H27N3O3S/c1-15-20(29-16(2)23-15)21(28)25-11-18-10-24(12-19(26)27)13-22(18,14-25)9-8-17-6-4-3-5-7-17/h3-7,18H,8-14H2,1-2H3,(H,26,27)/t18-,22+/m0/s1. The highest BCUT2D eigenvalue weighted by atomic mass is 32.1. The summed E-state index contributed by atoms with van der Waals surface area (Å²) in [7, 11) is 0. The van der Waals surface area contributed by atoms with Crippen molar-refractivity contribution in [2.24, 2.45) is 11.3 Å². The second-order valence-electron chi connectivity index (χ2n) is 8.44. The Bertz CT molecular complexity index is 913. The van der Waals surface area contributed by atoms with Gasteiger partial charge in [-0.3, -0.25) is 14.5 Å². The molecule has 2 aliphatic rings. The number of rotatable bonds is 6. The van der Waals surface area contributed by atoms with Gasteiger partial charge in [-0.2, -0.15) is 0 Å². The number of hydrogen-bond acceptors (Lipinski definition) is 5. The summed E-state index contributed by atoms with van der Waals surface area (Å²) < 4.78 is 0. The number of benzene rings is 1. The molecule has 0 spiro atoms. The first-order valence-corrected chi connectivity index (χ1v) is 10.9. The number of amides is 1. The highest BCUT2D eigenvalue weighted by molar-refractivity contribution is 7.13. The predicted molar refractivity (Wildman–Crippen MR) is 112 cm³/mol. The Labute approximate surface area is 175 Å². The Kier molecular flexibility index (Phi) is 5.44. The van der Waals surface area contributed by atoms with E-state index in [0.717, 1.165) is 41.5 Å². The third-order valence-corrected chi connectivity index (χ3v) is 7.39. The van der Waals surface area contributed by atoms with Crippen molar-refractivity contribution >= 4 is 23.2 Å². The maximum atomic E-state index is 13.2. The van der Waals surface area contributed by atoms with Crippen LogP contribution in [0.2, 0.25) is 0 Å². The van der Waals surface area contributed by atoms with Crippen LogP contribution < -0.4 is 0 Å². The van der Waals surface area contributed by atoms with Gasteiger partial charge in [-0.05, 0) is 38.2 Å². The van der Waals surface area contributed by atoms with Crippen LogP contribution in [0.5, 0.6) is 0 Å². The average Bonchev–Trinajstić information content (AvgIpc) is 3.29. The van der Waals surface area contributed by atoms with E-state index in [0.29, 0.717) is 19.0 Å². The summed E-state index contributed by atoms with van der Waals surface area (Å²) in [5.41, 5.74) is 2.05. The lowest BCUT2D eigenvalue weighted by molar-refractivity contribution is -0.138. The number of nitrogens with zero attached hydrogens (tertiary/aromatic N) is 3. The molecule has 0 unspecified atom stereocenters. The summed E-state index contributed by atoms with van der Waals surface area (Å²) in [4.78, 5) is 33.6. The van der Waals surface area contributed by atoms with E-state index in [4.69, 9.17) is 0 Å². The van der Waals surface area contributed by atoms with Gasteiger partial charge in [0, 0.05) is 31.6 Å². The van der Waals surface area contributed by atoms with Gasteiger partial charge < -0.3 is 10.0 Å². The summed E-state index contributed by atoms with van der Waals surface area (Å²) in [5, 5.41) is 10.2. The zero-order valence-corrected chi connectivity index (χ0v) is 17.7. The first kappa shape index (κ1) is 20.0. The number of aromatic nitrogens is 1. The molecule has 0 aliphatic carbocycles. The fourth-order valence-corrected chi connectivity index (χ4v) is 5.91. The smallest absolute Gasteiger partial charge is 0.317 e. The molecule has 7 heteroatoms. The predicted octanol–water partition coefficient (Wildman–Crippen LogP) is 2.85. The molecule has 29 heavy (non-hydrogen) atoms. The van der Waals surface area contributed by atoms with Crippen LogP contribution in [0, 0.1) is 25.2 Å². The van der Waals surface area contributed by atoms with Gasteiger partial charge in [0.05, 0.1) is 17.2 Å². The van der Waals surface area contributed by atoms with Gasteiger partial charge in [0.25, 0.3) is 5.91 Å². The first-order valence-electron chi connectivity index (χ1n) is 10.1. The number of carbonyl (C=O) groups excluding carboxylic acids is 1. The van der Waals surface area contributed by atoms with Crippen molar-refractivity contribution in [2.45, 2.75) is 26.7 Å². The highest BCUT2D eigenvalue weighted by Crippen LogP contribution is 2.46. The molecule has 6 nitrogen and oxygen atoms in total. The van der Waals surface area contributed by atoms with Gasteiger partial charge in [-0.1, -0.05) is 30.3 Å². The van der Waals surface area contributed by atoms with Gasteiger partial charge in [0.1, 0.15) is 4.88 Å². The molecule has 1 N–H and O–H groups in total. The second-order valence-corrected chi connectivity index (χ2v) is 9.64. The maximum Gasteiger partial charge on any atom is 0.317 e. The number of carboxylic acid groups (broad SMARTS) is 1. The van der Waals surface area contributed by atoms with Crippen molar-refractivity contribution in [3.05, 3.63) is 51.5 Å². The van der Waals surface area contributed by atoms with Crippen LogP contribution in [0.3, 0.4) is 0 Å². The molecule has 1 aromatic carbocycles. The van der Waals surface area contributed by atoms with Crippen molar-refractivity contribution in [3.63, 3.8) is 0 Å². The van der Waals surface area contributed by atoms with Crippen molar-refractivity contribution in [2.75, 3.05) is 32.7 Å². The fraction of sp³-hybridized carbons (Fsp3) is 0.500. The number of aliphatic carboxylic acids is 1. The van der Waals surface area contributed by atoms with E-state index >= 15 is 0 Å². The molecule has 1 aromatic heterocycles. The Balaban J connectivity index is 1.53. The third-order valence-electron chi connectivity index (χ3n) is 6.33. The van der Waals surface area contributed by atoms with E-state index < -0.39 is 5.97 Å². The summed E-state index contributed by atoms with van der Waals surface area (Å²) in [6.07, 6.45) is 1.90. The molecule has 0 bridgehead atoms. The summed E-state index contributed by atoms with van der Waals surface area (Å²) in [6.45, 7) is 6.76. The number of likely N-dealkylation sites (tertiary alicyclic amines) is 2. The second kappa shape index (κ2) is 7.88. The van der Waals surface area contributed by atoms with Crippen molar-refractivity contribution in [1.29, 1.82) is 0 Å². The summed E-state index contributed by atoms with van der Waals surface area (Å²) >= 11 is 1.47. The normalized spacial score (nSPS) is 24.1. The molecule has 2 atom stereocenters. The van der Waals surface area contributed by atoms with Crippen LogP contribution >= 0.6 is 11.3 Å². The minimum absolute atomic E-state index is 0.0470. The number of thiazole rings is 1. The number of carboxylic acids is 1. The topological polar surface area (TPSA) is 73.7 Å². The van der Waals surface area contributed by atoms with Crippen LogP contribution in [0.1, 0.15) is 32.4 Å². The molecule has 0 saturated carbocycles. The number of fused-ring (bicyclic) bond motifs is 1. The van der Waals surface area contributed by atoms with E-state index in [2.05, 4.69) is 29.2 Å². The van der Waals surface area contributed by atoms with Gasteiger partial charge in [0.2, 0.25) is 0 Å². The minimum Gasteiger partial charge on any atom is -0.480 e. The molecule has 154 valence electrons. The Morgan fingerprint density at radius 2 is 1.97 bits per heavy atom. The molecule has 2 aromatic rings. The van der Waals surface area contributed by atoms with Crippen molar-refractivity contribution < 1.29 is 14.7 Å². The van der Waals surface area contributed by atoms with Gasteiger partial charge in [0.15, 0.2) is 0 Å². The summed E-state index contributed by atoms with van der Waals surface area (Å²) in [6, 6.07) is 10.4. The molecular weight excluding hydrogens is 386 g/mol. The molecule has 2 aliphatic heterocycles. The number of aryl methyl sites for hydroxylation is 3. The van der Waals surface area contributed by atoms with E-state index in [1.54, 1.807) is 0 Å². The van der Waals surface area contributed by atoms with E-state index in [9.17, 15) is 14.7 Å². The lowest BCUT2D eigenvalue weighted by atomic mass is 9.76. The van der Waals surface area contributed by atoms with Gasteiger partial charge >= 0.3 is 5.97 Å². The molecule has 2 saturated heterocycles. The fourth-order valence-electron chi connectivity index (χ4n) is 5.03. The lowest BCUT2D eigenvalue weighted by Gasteiger charge is -2.29. The minimum atomic E-state index is -0.785. The van der Waals surface area contributed by atoms with Crippen molar-refractivity contribution in [3.8, 4) is 0 Å². The van der Waals surface area contributed by atoms with Crippen LogP contribution in [0.15, 0.2) is 30.3 Å². The first-order chi connectivity index (χ1) is 13.9. The molecule has 2 fully saturated rings. The number of hydrogen-bond donors (Lipinski definition) is 1. The van der Waals surface area contributed by atoms with Crippen LogP contribution in [-0.4, -0.2) is 64.5 Å². The Morgan fingerprint density at radius 1 is 1.21 bits per heavy atom. The zero-order chi connectivity index (χ0) is 20.6. The summed E-state index contributed by atoms with van der Waals surface area (Å²) in [5.74, 6) is -0.401. The Morgan fingerprint density at radius 3 is 2.62 bits per heavy atom. The van der Waals surface area contributed by atoms with Crippen LogP contribution in [0.4, 0.5) is 0 Å². The molecular formula is C22H27N3O3S. The molecule has 3 heterocycles. The van der Waals surface area contributed by atoms with Gasteiger partial charge in [-0.15, -0.1) is 11.3 Å². The average molecular weight is 414 g/mol. The lowest BCUT2D eigenvalue weighted by Crippen LogP contribution is -2.38. The third kappa shape index (κ3) is 4.07. The highest BCUT2D eigenvalue weighted by Gasteiger charge is 2.53. The van der Waals surface area contributed by atoms with Crippen molar-refractivity contribution in [1.82, 2.24) is 14.8 Å². The van der Waals surface area contributed by atoms with Crippen LogP contribution in [-0.2, 0) is 11.2 Å².